The van der Waals surface area contributed by atoms with Crippen LogP contribution in [0.4, 0.5) is 14.4 Å². The van der Waals surface area contributed by atoms with Crippen molar-refractivity contribution in [1.29, 1.82) is 0 Å². The minimum Gasteiger partial charge on any atom is -0.850 e. The first-order valence-corrected chi connectivity index (χ1v) is 45.8. The molecule has 0 aromatic heterocycles. The SMILES string of the molecule is CC(C)(C)[O-].COC(=O)C1C(=O)CCN(C(=O)OC(C)(C)C)C12CC2.COC(=O)C1CN(C(=O)OC(C)(C)C)C2(CC2)CC1=O.COC(=O)CCN(C(=O)OC(C)(C)C)C1(CC(=O)OC)CC1.COc1ccc([C@@H]2CCN(CCc3ccccc3)C3(CC3)[C@H]2COc2ccc3c(c2)C(=O)NC3)cc1.COc1ccc([C@@H]2CCNC3(CC3)[C@H]2COc2ccc3c(c2)C(=O)NC3)cc1.[K+]. The Labute approximate surface area is 819 Å². The summed E-state index contributed by atoms with van der Waals surface area (Å²) >= 11 is 0. The topological polar surface area (TPSA) is 361 Å². The van der Waals surface area contributed by atoms with Gasteiger partial charge in [0.15, 0.2) is 11.6 Å². The molecule has 4 saturated heterocycles. The predicted octanol–water partition coefficient (Wildman–Crippen LogP) is 10.5. The number of hydrogen-bond acceptors (Lipinski definition) is 25. The molecule has 9 fully saturated rings. The number of rotatable bonds is 21. The van der Waals surface area contributed by atoms with E-state index in [9.17, 15) is 57.8 Å². The number of nitrogens with zero attached hydrogens (tertiary/aromatic N) is 4. The van der Waals surface area contributed by atoms with Gasteiger partial charge >= 0.3 is 93.5 Å². The number of ether oxygens (including phenoxy) is 11. The Bertz CT molecular complexity index is 4840. The molecule has 0 bridgehead atoms. The second-order valence-electron chi connectivity index (χ2n) is 40.1. The van der Waals surface area contributed by atoms with Crippen molar-refractivity contribution in [2.24, 2.45) is 23.7 Å². The van der Waals surface area contributed by atoms with Gasteiger partial charge in [0.2, 0.25) is 0 Å². The summed E-state index contributed by atoms with van der Waals surface area (Å²) in [5, 5.41) is 19.6. The Morgan fingerprint density at radius 1 is 0.515 bits per heavy atom. The van der Waals surface area contributed by atoms with Crippen LogP contribution in [0.15, 0.2) is 115 Å². The average Bonchev–Trinajstić information content (AvgIpc) is 1.56. The van der Waals surface area contributed by atoms with Crippen molar-refractivity contribution in [3.8, 4) is 23.0 Å². The Morgan fingerprint density at radius 3 is 1.45 bits per heavy atom. The number of fused-ring (bicyclic) bond motifs is 2. The van der Waals surface area contributed by atoms with E-state index in [4.69, 9.17) is 42.6 Å². The summed E-state index contributed by atoms with van der Waals surface area (Å²) < 4.78 is 58.3. The maximum atomic E-state index is 12.4. The van der Waals surface area contributed by atoms with Gasteiger partial charge in [-0.25, -0.2) is 14.4 Å². The number of esters is 4. The number of ketones is 2. The van der Waals surface area contributed by atoms with E-state index in [0.717, 1.165) is 97.0 Å². The first-order valence-electron chi connectivity index (χ1n) is 45.8. The van der Waals surface area contributed by atoms with Crippen LogP contribution in [0.2, 0.25) is 0 Å². The van der Waals surface area contributed by atoms with E-state index in [-0.39, 0.29) is 131 Å². The van der Waals surface area contributed by atoms with Crippen molar-refractivity contribution in [2.45, 2.75) is 267 Å². The quantitative estimate of drug-likeness (QED) is 0.0266. The molecule has 132 heavy (non-hydrogen) atoms. The van der Waals surface area contributed by atoms with Crippen molar-refractivity contribution in [1.82, 2.24) is 35.6 Å². The average molecular weight is 1860 g/mol. The number of nitrogens with one attached hydrogen (secondary N) is 3. The van der Waals surface area contributed by atoms with E-state index >= 15 is 0 Å². The number of methoxy groups -OCH3 is 6. The number of carbonyl (C=O) groups is 11. The second kappa shape index (κ2) is 44.1. The van der Waals surface area contributed by atoms with E-state index in [1.165, 1.54) is 75.7 Å². The van der Waals surface area contributed by atoms with Gasteiger partial charge in [-0.1, -0.05) is 87.5 Å². The van der Waals surface area contributed by atoms with Crippen molar-refractivity contribution in [3.05, 3.63) is 154 Å². The summed E-state index contributed by atoms with van der Waals surface area (Å²) in [5.41, 5.74) is 3.74. The first-order chi connectivity index (χ1) is 61.9. The molecule has 6 aliphatic heterocycles. The summed E-state index contributed by atoms with van der Waals surface area (Å²) in [5.74, 6) is 1.06. The van der Waals surface area contributed by atoms with Crippen LogP contribution in [0, 0.1) is 23.7 Å². The van der Waals surface area contributed by atoms with Gasteiger partial charge in [0.25, 0.3) is 11.8 Å². The molecule has 0 radical (unpaired) electrons. The van der Waals surface area contributed by atoms with Crippen molar-refractivity contribution in [3.63, 3.8) is 0 Å². The van der Waals surface area contributed by atoms with Crippen LogP contribution < -0.4 is 91.4 Å². The van der Waals surface area contributed by atoms with Gasteiger partial charge < -0.3 is 87.9 Å². The zero-order valence-electron chi connectivity index (χ0n) is 80.7. The van der Waals surface area contributed by atoms with Gasteiger partial charge in [-0.3, -0.25) is 43.3 Å². The number of likely N-dealkylation sites (tertiary alicyclic amines) is 3. The Balaban J connectivity index is 0.000000172. The van der Waals surface area contributed by atoms with Gasteiger partial charge in [-0.05, 0) is 247 Å². The summed E-state index contributed by atoms with van der Waals surface area (Å²) in [4.78, 5) is 139. The normalized spacial score (nSPS) is 21.8. The molecule has 16 rings (SSSR count). The maximum Gasteiger partial charge on any atom is 1.00 e. The third-order valence-corrected chi connectivity index (χ3v) is 26.2. The Morgan fingerprint density at radius 2 is 1.00 bits per heavy atom. The first kappa shape index (κ1) is 105. The zero-order valence-corrected chi connectivity index (χ0v) is 83.8. The third kappa shape index (κ3) is 27.3. The van der Waals surface area contributed by atoms with E-state index in [2.05, 4.69) is 97.1 Å². The fraction of sp³-hybridized carbons (Fsp3) is 0.594. The molecule has 2 unspecified atom stereocenters. The minimum atomic E-state index is -0.890. The molecule has 5 aliphatic carbocycles. The fourth-order valence-corrected chi connectivity index (χ4v) is 18.8. The molecule has 5 amide bonds. The monoisotopic (exact) mass is 1850 g/mol. The van der Waals surface area contributed by atoms with Gasteiger partial charge in [0.1, 0.15) is 51.6 Å². The molecule has 30 nitrogen and oxygen atoms in total. The number of hydrogen-bond donors (Lipinski definition) is 3. The van der Waals surface area contributed by atoms with E-state index in [1.807, 2.05) is 48.5 Å². The second-order valence-corrected chi connectivity index (χ2v) is 40.1. The van der Waals surface area contributed by atoms with Crippen molar-refractivity contribution < 1.29 is 161 Å². The Kier molecular flexibility index (Phi) is 35.0. The standard InChI is InChI=1S/C31H34N2O3.C23H26N2O3.C15H25NO6.2C14H21NO5.C4H9O.K/c1-35-25-10-7-23(8-11-25)27-14-18-33(17-13-22-5-3-2-4-6-22)31(15-16-31)29(27)21-36-26-12-9-24-20-32-30(34)28(24)19-26;1-27-17-5-2-15(3-6-17)19-8-11-25-23(9-10-23)21(19)14-28-18-7-4-16-13-24-22(26)20(16)12-18;1-14(2,3)22-13(19)16(9-6-11(17)20-4)15(7-8-15)10-12(18)21-5;1-13(2,3)20-12(18)15-8-5-9(16)10(11(17)19-4)14(15)6-7-14;1-13(2,3)20-12(18)15-8-9(11(17)19-4)10(16)7-14(15)5-6-14;1-4(2,3)5;/h2-12,19,27,29H,13-18,20-21H2,1H3,(H,32,34);2-7,12,19,21,25H,8-11,13-14H2,1H3,(H,24,26);6-10H2,1-5H3;10H,5-8H2,1-4H3;9H,5-8H2,1-4H3;1-3H3;/q;;;;;-1;+1/t27-,29-;19-,21-;;;;;/m00...../s1. The van der Waals surface area contributed by atoms with Crippen LogP contribution in [0.25, 0.3) is 0 Å². The van der Waals surface area contributed by atoms with E-state index in [0.29, 0.717) is 82.2 Å². The van der Waals surface area contributed by atoms with Gasteiger partial charge in [0.05, 0.1) is 85.3 Å². The summed E-state index contributed by atoms with van der Waals surface area (Å²) in [6, 6.07) is 39.7. The van der Waals surface area contributed by atoms with Crippen LogP contribution in [-0.2, 0) is 81.4 Å². The van der Waals surface area contributed by atoms with Crippen LogP contribution in [-0.4, -0.2) is 230 Å². The molecule has 11 aliphatic rings. The molecule has 6 atom stereocenters. The predicted molar refractivity (Wildman–Crippen MR) is 486 cm³/mol. The smallest absolute Gasteiger partial charge is 0.850 e. The Hall–Kier alpha value is -9.21. The number of carbonyl (C=O) groups excluding carboxylic acids is 11. The molecule has 5 aromatic carbocycles. The molecular formula is C101H136KN7O23. The summed E-state index contributed by atoms with van der Waals surface area (Å²) in [6.45, 7) is 27.2. The van der Waals surface area contributed by atoms with Crippen LogP contribution >= 0.6 is 0 Å². The largest absolute Gasteiger partial charge is 1.00 e. The molecule has 31 heteroatoms. The van der Waals surface area contributed by atoms with E-state index < -0.39 is 87.0 Å². The van der Waals surface area contributed by atoms with Crippen LogP contribution in [0.5, 0.6) is 23.0 Å². The van der Waals surface area contributed by atoms with Crippen LogP contribution in [0.3, 0.4) is 0 Å². The molecular weight excluding hydrogens is 1720 g/mol. The summed E-state index contributed by atoms with van der Waals surface area (Å²) in [6.07, 6.45) is 11.4. The number of piperidine rings is 4. The van der Waals surface area contributed by atoms with Crippen LogP contribution in [0.1, 0.15) is 246 Å². The molecule has 5 saturated carbocycles. The third-order valence-electron chi connectivity index (χ3n) is 26.2. The van der Waals surface area contributed by atoms with Crippen molar-refractivity contribution >= 4 is 65.5 Å². The van der Waals surface area contributed by atoms with Crippen molar-refractivity contribution in [2.75, 3.05) is 95.1 Å². The molecule has 714 valence electrons. The van der Waals surface area contributed by atoms with Gasteiger partial charge in [-0.2, -0.15) is 0 Å². The van der Waals surface area contributed by atoms with E-state index in [1.54, 1.807) is 107 Å². The number of amides is 5. The van der Waals surface area contributed by atoms with Gasteiger partial charge in [0, 0.05) is 86.2 Å². The summed E-state index contributed by atoms with van der Waals surface area (Å²) in [7, 11) is 8.53. The molecule has 6 heterocycles. The molecule has 3 N–H and O–H groups in total. The van der Waals surface area contributed by atoms with Gasteiger partial charge in [-0.15, -0.1) is 5.60 Å². The zero-order chi connectivity index (χ0) is 95.4. The fourth-order valence-electron chi connectivity index (χ4n) is 18.8. The number of benzene rings is 5. The molecule has 5 aromatic rings. The molecule has 4 spiro atoms. The number of Topliss-reactive ketones (excluding diaryl/α,β-unsaturated/α-hetero) is 2. The maximum absolute atomic E-state index is 12.4. The minimum absolute atomic E-state index is 0.